The first-order chi connectivity index (χ1) is 25.2. The SMILES string of the molecule is Cc1ccc2cccc([O][Al]([O]c3ccc4cc(-c5ccc(C)c(C)c5)ccc4c3-c3ccc(C)c(C)c3)[O]c3cccc4ccc(C)nc34)c2n1. The smallest absolute Gasteiger partial charge is 0.577 e. The Morgan fingerprint density at radius 2 is 0.904 bits per heavy atom. The number of hydrogen-bond donors (Lipinski definition) is 0. The molecule has 0 fully saturated rings. The van der Waals surface area contributed by atoms with Gasteiger partial charge in [-0.25, -0.2) is 9.97 Å². The third-order valence-corrected chi connectivity index (χ3v) is 11.3. The summed E-state index contributed by atoms with van der Waals surface area (Å²) in [5.41, 5.74) is 12.8. The van der Waals surface area contributed by atoms with E-state index in [-0.39, 0.29) is 0 Å². The molecular formula is C46H39AlN2O3. The van der Waals surface area contributed by atoms with E-state index in [4.69, 9.17) is 21.3 Å². The van der Waals surface area contributed by atoms with Crippen molar-refractivity contribution in [2.45, 2.75) is 41.5 Å². The summed E-state index contributed by atoms with van der Waals surface area (Å²) >= 11 is -3.06. The van der Waals surface area contributed by atoms with Gasteiger partial charge in [-0.1, -0.05) is 91.0 Å². The van der Waals surface area contributed by atoms with Crippen molar-refractivity contribution in [3.8, 4) is 39.5 Å². The molecule has 254 valence electrons. The van der Waals surface area contributed by atoms with Crippen LogP contribution >= 0.6 is 0 Å². The van der Waals surface area contributed by atoms with Crippen LogP contribution in [-0.2, 0) is 0 Å². The van der Waals surface area contributed by atoms with Crippen LogP contribution in [0.5, 0.6) is 17.2 Å². The molecule has 0 aliphatic heterocycles. The predicted octanol–water partition coefficient (Wildman–Crippen LogP) is 11.6. The molecule has 0 saturated heterocycles. The van der Waals surface area contributed by atoms with Gasteiger partial charge in [0.05, 0.1) is 5.75 Å². The molecule has 0 saturated carbocycles. The van der Waals surface area contributed by atoms with E-state index < -0.39 is 15.1 Å². The van der Waals surface area contributed by atoms with Gasteiger partial charge in [-0.3, -0.25) is 0 Å². The van der Waals surface area contributed by atoms with Gasteiger partial charge in [0.2, 0.25) is 0 Å². The molecule has 2 heterocycles. The van der Waals surface area contributed by atoms with Crippen molar-refractivity contribution in [3.05, 3.63) is 161 Å². The number of fused-ring (bicyclic) bond motifs is 3. The Hall–Kier alpha value is -5.67. The predicted molar refractivity (Wildman–Crippen MR) is 214 cm³/mol. The number of para-hydroxylation sites is 2. The quantitative estimate of drug-likeness (QED) is 0.148. The van der Waals surface area contributed by atoms with Crippen molar-refractivity contribution >= 4 is 47.7 Å². The van der Waals surface area contributed by atoms with Gasteiger partial charge in [-0.15, -0.1) is 0 Å². The van der Waals surface area contributed by atoms with Gasteiger partial charge in [0.15, 0.2) is 0 Å². The summed E-state index contributed by atoms with van der Waals surface area (Å²) in [4.78, 5) is 9.69. The van der Waals surface area contributed by atoms with Crippen LogP contribution in [0.15, 0.2) is 127 Å². The van der Waals surface area contributed by atoms with Crippen molar-refractivity contribution in [1.29, 1.82) is 0 Å². The molecule has 0 N–H and O–H groups in total. The molecule has 0 amide bonds. The van der Waals surface area contributed by atoms with E-state index in [1.807, 2.05) is 62.4 Å². The lowest BCUT2D eigenvalue weighted by atomic mass is 9.92. The molecule has 0 aliphatic rings. The van der Waals surface area contributed by atoms with Crippen molar-refractivity contribution in [1.82, 2.24) is 9.97 Å². The lowest BCUT2D eigenvalue weighted by Gasteiger charge is -2.21. The zero-order valence-electron chi connectivity index (χ0n) is 30.3. The highest BCUT2D eigenvalue weighted by molar-refractivity contribution is 6.40. The van der Waals surface area contributed by atoms with Crippen molar-refractivity contribution in [2.24, 2.45) is 0 Å². The second kappa shape index (κ2) is 13.8. The van der Waals surface area contributed by atoms with Crippen LogP contribution in [0.4, 0.5) is 0 Å². The number of rotatable bonds is 8. The molecule has 0 radical (unpaired) electrons. The van der Waals surface area contributed by atoms with Crippen LogP contribution in [0, 0.1) is 41.5 Å². The first-order valence-electron chi connectivity index (χ1n) is 17.6. The highest BCUT2D eigenvalue weighted by Crippen LogP contribution is 2.40. The van der Waals surface area contributed by atoms with Crippen LogP contribution in [0.1, 0.15) is 33.6 Å². The Labute approximate surface area is 309 Å². The van der Waals surface area contributed by atoms with Crippen LogP contribution in [0.3, 0.4) is 0 Å². The van der Waals surface area contributed by atoms with Gasteiger partial charge < -0.3 is 11.4 Å². The number of benzene rings is 6. The fourth-order valence-electron chi connectivity index (χ4n) is 6.71. The monoisotopic (exact) mass is 694 g/mol. The maximum atomic E-state index is 7.03. The molecule has 6 heteroatoms. The molecule has 2 aromatic heterocycles. The lowest BCUT2D eigenvalue weighted by Crippen LogP contribution is -2.37. The van der Waals surface area contributed by atoms with Crippen LogP contribution < -0.4 is 11.4 Å². The Morgan fingerprint density at radius 1 is 0.404 bits per heavy atom. The van der Waals surface area contributed by atoms with Crippen LogP contribution in [0.25, 0.3) is 54.8 Å². The summed E-state index contributed by atoms with van der Waals surface area (Å²) in [7, 11) is 0. The summed E-state index contributed by atoms with van der Waals surface area (Å²) in [6, 6.07) is 44.2. The Balaban J connectivity index is 1.28. The van der Waals surface area contributed by atoms with Gasteiger partial charge in [-0.2, -0.15) is 0 Å². The summed E-state index contributed by atoms with van der Waals surface area (Å²) < 4.78 is 20.7. The topological polar surface area (TPSA) is 53.5 Å². The number of pyridine rings is 2. The minimum atomic E-state index is -3.06. The average Bonchev–Trinajstić information content (AvgIpc) is 3.14. The molecule has 5 nitrogen and oxygen atoms in total. The normalized spacial score (nSPS) is 11.3. The summed E-state index contributed by atoms with van der Waals surface area (Å²) in [6.45, 7) is 12.6. The third kappa shape index (κ3) is 6.60. The maximum absolute atomic E-state index is 7.03. The molecular weight excluding hydrogens is 655 g/mol. The van der Waals surface area contributed by atoms with E-state index in [2.05, 4.69) is 107 Å². The highest BCUT2D eigenvalue weighted by Gasteiger charge is 2.46. The Bertz CT molecular complexity index is 2560. The van der Waals surface area contributed by atoms with Gasteiger partial charge in [0.25, 0.3) is 0 Å². The zero-order chi connectivity index (χ0) is 35.9. The molecule has 52 heavy (non-hydrogen) atoms. The fraction of sp³-hybridized carbons (Fsp3) is 0.130. The summed E-state index contributed by atoms with van der Waals surface area (Å²) in [6.07, 6.45) is 0. The molecule has 0 unspecified atom stereocenters. The van der Waals surface area contributed by atoms with E-state index in [0.717, 1.165) is 55.1 Å². The summed E-state index contributed by atoms with van der Waals surface area (Å²) in [5.74, 6) is 1.93. The minimum absolute atomic E-state index is 0.619. The van der Waals surface area contributed by atoms with Crippen LogP contribution in [-0.4, -0.2) is 25.1 Å². The molecule has 8 rings (SSSR count). The van der Waals surface area contributed by atoms with E-state index >= 15 is 0 Å². The van der Waals surface area contributed by atoms with Crippen LogP contribution in [0.2, 0.25) is 0 Å². The third-order valence-electron chi connectivity index (χ3n) is 9.93. The molecule has 0 aliphatic carbocycles. The zero-order valence-corrected chi connectivity index (χ0v) is 31.5. The first kappa shape index (κ1) is 33.5. The summed E-state index contributed by atoms with van der Waals surface area (Å²) in [5, 5.41) is 4.18. The number of aryl methyl sites for hydroxylation is 6. The molecule has 0 spiro atoms. The van der Waals surface area contributed by atoms with E-state index in [1.54, 1.807) is 0 Å². The molecule has 6 aromatic carbocycles. The first-order valence-corrected chi connectivity index (χ1v) is 19.1. The highest BCUT2D eigenvalue weighted by atomic mass is 27.3. The van der Waals surface area contributed by atoms with Crippen molar-refractivity contribution < 1.29 is 11.4 Å². The van der Waals surface area contributed by atoms with Crippen molar-refractivity contribution in [3.63, 3.8) is 0 Å². The second-order valence-corrected chi connectivity index (χ2v) is 15.0. The average molecular weight is 695 g/mol. The number of aromatic nitrogens is 2. The fourth-order valence-corrected chi connectivity index (χ4v) is 8.05. The lowest BCUT2D eigenvalue weighted by molar-refractivity contribution is 0.310. The van der Waals surface area contributed by atoms with Gasteiger partial charge in [-0.05, 0) is 128 Å². The Morgan fingerprint density at radius 3 is 1.50 bits per heavy atom. The van der Waals surface area contributed by atoms with E-state index in [0.29, 0.717) is 17.2 Å². The van der Waals surface area contributed by atoms with Gasteiger partial charge >= 0.3 is 15.1 Å². The van der Waals surface area contributed by atoms with E-state index in [9.17, 15) is 0 Å². The molecule has 8 aromatic rings. The van der Waals surface area contributed by atoms with Crippen molar-refractivity contribution in [2.75, 3.05) is 0 Å². The number of hydrogen-bond acceptors (Lipinski definition) is 5. The van der Waals surface area contributed by atoms with Gasteiger partial charge in [0.1, 0.15) is 22.5 Å². The standard InChI is InChI=1S/C26H24O.2C10H9NO.Al/c1-16-5-7-20(13-18(16)3)21-9-11-24-22(15-21)10-12-25(27)26(24)23-8-6-17(2)19(4)14-23;2*1-7-5-6-8-3-2-4-9(12)10(8)11-7;/h5-15,27H,1-4H3;2*2-6,12H,1H3;/q;;;+3/p-3. The number of nitrogens with zero attached hydrogens (tertiary/aromatic N) is 2. The second-order valence-electron chi connectivity index (χ2n) is 13.7. The largest absolute Gasteiger partial charge is 1.20 e. The molecule has 0 bridgehead atoms. The van der Waals surface area contributed by atoms with Gasteiger partial charge in [0, 0.05) is 27.7 Å². The van der Waals surface area contributed by atoms with E-state index in [1.165, 1.54) is 33.4 Å². The minimum Gasteiger partial charge on any atom is -0.577 e. The Kier molecular flexibility index (Phi) is 8.89. The molecule has 0 atom stereocenters. The maximum Gasteiger partial charge on any atom is 1.20 e.